The third-order valence-electron chi connectivity index (χ3n) is 3.41. The SMILES string of the molecule is CN(CC1CCCC1)C(=O)c1cc(N)nc(Cl)c1. The van der Waals surface area contributed by atoms with Gasteiger partial charge in [-0.2, -0.15) is 0 Å². The number of carbonyl (C=O) groups excluding carboxylic acids is 1. The van der Waals surface area contributed by atoms with Crippen molar-refractivity contribution in [3.63, 3.8) is 0 Å². The second-order valence-electron chi connectivity index (χ2n) is 4.94. The van der Waals surface area contributed by atoms with Gasteiger partial charge in [0.15, 0.2) is 0 Å². The summed E-state index contributed by atoms with van der Waals surface area (Å²) in [6.07, 6.45) is 5.00. The highest BCUT2D eigenvalue weighted by Gasteiger charge is 2.20. The molecule has 0 unspecified atom stereocenters. The molecule has 1 aromatic rings. The van der Waals surface area contributed by atoms with Gasteiger partial charge in [-0.25, -0.2) is 4.98 Å². The predicted molar refractivity (Wildman–Crippen MR) is 72.6 cm³/mol. The van der Waals surface area contributed by atoms with E-state index in [4.69, 9.17) is 17.3 Å². The Kier molecular flexibility index (Phi) is 4.07. The van der Waals surface area contributed by atoms with Crippen LogP contribution >= 0.6 is 11.6 Å². The van der Waals surface area contributed by atoms with E-state index >= 15 is 0 Å². The standard InChI is InChI=1S/C13H18ClN3O/c1-17(8-9-4-2-3-5-9)13(18)10-6-11(14)16-12(15)7-10/h6-7,9H,2-5,8H2,1H3,(H2,15,16). The zero-order valence-electron chi connectivity index (χ0n) is 10.5. The summed E-state index contributed by atoms with van der Waals surface area (Å²) in [6.45, 7) is 0.804. The summed E-state index contributed by atoms with van der Waals surface area (Å²) >= 11 is 5.81. The number of hydrogen-bond acceptors (Lipinski definition) is 3. The lowest BCUT2D eigenvalue weighted by atomic mass is 10.1. The van der Waals surface area contributed by atoms with Gasteiger partial charge in [0.25, 0.3) is 5.91 Å². The summed E-state index contributed by atoms with van der Waals surface area (Å²) < 4.78 is 0. The van der Waals surface area contributed by atoms with Crippen molar-refractivity contribution in [3.8, 4) is 0 Å². The smallest absolute Gasteiger partial charge is 0.253 e. The minimum Gasteiger partial charge on any atom is -0.384 e. The summed E-state index contributed by atoms with van der Waals surface area (Å²) in [5.41, 5.74) is 6.10. The molecule has 18 heavy (non-hydrogen) atoms. The van der Waals surface area contributed by atoms with Crippen LogP contribution in [0.4, 0.5) is 5.82 Å². The Bertz CT molecular complexity index is 424. The predicted octanol–water partition coefficient (Wildman–Crippen LogP) is 2.58. The number of nitrogens with two attached hydrogens (primary N) is 1. The molecule has 1 aliphatic rings. The van der Waals surface area contributed by atoms with Gasteiger partial charge in [0.1, 0.15) is 11.0 Å². The van der Waals surface area contributed by atoms with Crippen molar-refractivity contribution in [1.82, 2.24) is 9.88 Å². The number of nitrogen functional groups attached to an aromatic ring is 1. The van der Waals surface area contributed by atoms with Crippen LogP contribution in [0.3, 0.4) is 0 Å². The van der Waals surface area contributed by atoms with Gasteiger partial charge in [0.2, 0.25) is 0 Å². The first-order valence-electron chi connectivity index (χ1n) is 6.25. The third kappa shape index (κ3) is 3.13. The molecule has 1 aliphatic carbocycles. The van der Waals surface area contributed by atoms with Crippen LogP contribution in [0.2, 0.25) is 5.15 Å². The van der Waals surface area contributed by atoms with Gasteiger partial charge < -0.3 is 10.6 Å². The first-order chi connectivity index (χ1) is 8.56. The van der Waals surface area contributed by atoms with Gasteiger partial charge in [-0.15, -0.1) is 0 Å². The molecule has 1 fully saturated rings. The molecule has 0 radical (unpaired) electrons. The van der Waals surface area contributed by atoms with Crippen LogP contribution in [-0.2, 0) is 0 Å². The van der Waals surface area contributed by atoms with E-state index < -0.39 is 0 Å². The Morgan fingerprint density at radius 1 is 1.50 bits per heavy atom. The van der Waals surface area contributed by atoms with Crippen molar-refractivity contribution in [2.24, 2.45) is 5.92 Å². The summed E-state index contributed by atoms with van der Waals surface area (Å²) in [6, 6.07) is 3.13. The zero-order valence-corrected chi connectivity index (χ0v) is 11.3. The quantitative estimate of drug-likeness (QED) is 0.857. The van der Waals surface area contributed by atoms with Crippen molar-refractivity contribution in [1.29, 1.82) is 0 Å². The number of carbonyl (C=O) groups is 1. The highest BCUT2D eigenvalue weighted by molar-refractivity contribution is 6.29. The molecule has 0 aliphatic heterocycles. The van der Waals surface area contributed by atoms with Crippen molar-refractivity contribution in [2.45, 2.75) is 25.7 Å². The van der Waals surface area contributed by atoms with Crippen LogP contribution in [0.1, 0.15) is 36.0 Å². The number of rotatable bonds is 3. The van der Waals surface area contributed by atoms with Gasteiger partial charge >= 0.3 is 0 Å². The number of pyridine rings is 1. The number of anilines is 1. The van der Waals surface area contributed by atoms with E-state index in [-0.39, 0.29) is 16.9 Å². The molecule has 1 saturated carbocycles. The molecule has 0 saturated heterocycles. The fraction of sp³-hybridized carbons (Fsp3) is 0.538. The molecule has 1 heterocycles. The Morgan fingerprint density at radius 3 is 2.78 bits per heavy atom. The van der Waals surface area contributed by atoms with Crippen LogP contribution in [0.15, 0.2) is 12.1 Å². The number of aromatic nitrogens is 1. The molecule has 2 N–H and O–H groups in total. The molecular formula is C13H18ClN3O. The molecule has 0 bridgehead atoms. The van der Waals surface area contributed by atoms with E-state index in [1.807, 2.05) is 7.05 Å². The van der Waals surface area contributed by atoms with Gasteiger partial charge in [0.05, 0.1) is 0 Å². The highest BCUT2D eigenvalue weighted by atomic mass is 35.5. The number of nitrogens with zero attached hydrogens (tertiary/aromatic N) is 2. The maximum Gasteiger partial charge on any atom is 0.253 e. The fourth-order valence-electron chi connectivity index (χ4n) is 2.52. The molecule has 1 aromatic heterocycles. The second kappa shape index (κ2) is 5.57. The minimum absolute atomic E-state index is 0.0436. The average molecular weight is 268 g/mol. The Balaban J connectivity index is 2.04. The lowest BCUT2D eigenvalue weighted by molar-refractivity contribution is 0.0773. The van der Waals surface area contributed by atoms with Crippen molar-refractivity contribution in [3.05, 3.63) is 22.8 Å². The van der Waals surface area contributed by atoms with E-state index in [0.717, 1.165) is 6.54 Å². The molecule has 1 amide bonds. The molecule has 2 rings (SSSR count). The van der Waals surface area contributed by atoms with Crippen LogP contribution < -0.4 is 5.73 Å². The summed E-state index contributed by atoms with van der Waals surface area (Å²) in [4.78, 5) is 17.8. The van der Waals surface area contributed by atoms with E-state index in [0.29, 0.717) is 11.5 Å². The minimum atomic E-state index is -0.0436. The third-order valence-corrected chi connectivity index (χ3v) is 3.61. The zero-order chi connectivity index (χ0) is 13.1. The molecule has 0 aromatic carbocycles. The van der Waals surface area contributed by atoms with Crippen LogP contribution in [0.25, 0.3) is 0 Å². The van der Waals surface area contributed by atoms with Crippen molar-refractivity contribution >= 4 is 23.3 Å². The molecule has 0 spiro atoms. The lowest BCUT2D eigenvalue weighted by Gasteiger charge is -2.21. The molecule has 4 nitrogen and oxygen atoms in total. The van der Waals surface area contributed by atoms with E-state index in [9.17, 15) is 4.79 Å². The van der Waals surface area contributed by atoms with Crippen LogP contribution in [0, 0.1) is 5.92 Å². The summed E-state index contributed by atoms with van der Waals surface area (Å²) in [5.74, 6) is 0.867. The average Bonchev–Trinajstić information content (AvgIpc) is 2.79. The molecular weight excluding hydrogens is 250 g/mol. The van der Waals surface area contributed by atoms with E-state index in [2.05, 4.69) is 4.98 Å². The molecule has 0 atom stereocenters. The molecule has 5 heteroatoms. The number of hydrogen-bond donors (Lipinski definition) is 1. The first kappa shape index (κ1) is 13.1. The van der Waals surface area contributed by atoms with Gasteiger partial charge in [-0.1, -0.05) is 24.4 Å². The van der Waals surface area contributed by atoms with Gasteiger partial charge in [-0.3, -0.25) is 4.79 Å². The monoisotopic (exact) mass is 267 g/mol. The van der Waals surface area contributed by atoms with Crippen LogP contribution in [0.5, 0.6) is 0 Å². The Labute approximate surface area is 112 Å². The second-order valence-corrected chi connectivity index (χ2v) is 5.33. The Hall–Kier alpha value is -1.29. The lowest BCUT2D eigenvalue weighted by Crippen LogP contribution is -2.31. The summed E-state index contributed by atoms with van der Waals surface area (Å²) in [5, 5.41) is 0.257. The molecule has 98 valence electrons. The van der Waals surface area contributed by atoms with E-state index in [1.165, 1.54) is 25.7 Å². The summed E-state index contributed by atoms with van der Waals surface area (Å²) in [7, 11) is 1.82. The van der Waals surface area contributed by atoms with Gasteiger partial charge in [0, 0.05) is 19.2 Å². The Morgan fingerprint density at radius 2 is 2.17 bits per heavy atom. The number of amides is 1. The topological polar surface area (TPSA) is 59.2 Å². The van der Waals surface area contributed by atoms with Crippen molar-refractivity contribution < 1.29 is 4.79 Å². The van der Waals surface area contributed by atoms with E-state index in [1.54, 1.807) is 17.0 Å². The van der Waals surface area contributed by atoms with Crippen molar-refractivity contribution in [2.75, 3.05) is 19.3 Å². The first-order valence-corrected chi connectivity index (χ1v) is 6.62. The fourth-order valence-corrected chi connectivity index (χ4v) is 2.74. The van der Waals surface area contributed by atoms with Crippen LogP contribution in [-0.4, -0.2) is 29.4 Å². The largest absolute Gasteiger partial charge is 0.384 e. The highest BCUT2D eigenvalue weighted by Crippen LogP contribution is 2.25. The normalized spacial score (nSPS) is 15.9. The van der Waals surface area contributed by atoms with Gasteiger partial charge in [-0.05, 0) is 30.9 Å². The maximum atomic E-state index is 12.2. The maximum absolute atomic E-state index is 12.2. The number of halogens is 1.